The number of rotatable bonds is 5. The Morgan fingerprint density at radius 2 is 1.89 bits per heavy atom. The Hall–Kier alpha value is -1.93. The summed E-state index contributed by atoms with van der Waals surface area (Å²) >= 11 is 0. The van der Waals surface area contributed by atoms with Gasteiger partial charge >= 0.3 is 12.1 Å². The highest BCUT2D eigenvalue weighted by Gasteiger charge is 2.20. The molecule has 0 aromatic heterocycles. The fourth-order valence-corrected chi connectivity index (χ4v) is 0.722. The average Bonchev–Trinajstić information content (AvgIpc) is 2.26. The first-order valence-corrected chi connectivity index (χ1v) is 4.94. The second kappa shape index (κ2) is 7.41. The van der Waals surface area contributed by atoms with Crippen LogP contribution in [0.4, 0.5) is 4.79 Å². The molecule has 0 bridgehead atoms. The van der Waals surface area contributed by atoms with Crippen molar-refractivity contribution in [2.75, 3.05) is 6.61 Å². The number of imide groups is 1. The zero-order valence-electron chi connectivity index (χ0n) is 10.0. The minimum atomic E-state index is -1.73. The number of aliphatic hydroxyl groups is 2. The lowest BCUT2D eigenvalue weighted by atomic mass is 10.3. The Kier molecular flexibility index (Phi) is 6.61. The molecule has 0 aromatic rings. The summed E-state index contributed by atoms with van der Waals surface area (Å²) < 4.78 is 9.09. The van der Waals surface area contributed by atoms with Gasteiger partial charge in [0.25, 0.3) is 5.91 Å². The maximum absolute atomic E-state index is 11.1. The Balaban J connectivity index is 4.13. The lowest BCUT2D eigenvalue weighted by molar-refractivity contribution is -0.160. The molecule has 8 heteroatoms. The van der Waals surface area contributed by atoms with Gasteiger partial charge in [-0.05, 0) is 6.92 Å². The molecule has 3 N–H and O–H groups in total. The summed E-state index contributed by atoms with van der Waals surface area (Å²) in [7, 11) is 0. The Morgan fingerprint density at radius 3 is 2.33 bits per heavy atom. The fourth-order valence-electron chi connectivity index (χ4n) is 0.722. The molecule has 18 heavy (non-hydrogen) atoms. The van der Waals surface area contributed by atoms with E-state index in [9.17, 15) is 14.4 Å². The molecule has 0 saturated heterocycles. The van der Waals surface area contributed by atoms with E-state index in [0.29, 0.717) is 0 Å². The smallest absolute Gasteiger partial charge is 0.417 e. The van der Waals surface area contributed by atoms with Crippen molar-refractivity contribution < 1.29 is 34.1 Å². The molecule has 0 heterocycles. The minimum absolute atomic E-state index is 0.123. The number of esters is 1. The highest BCUT2D eigenvalue weighted by molar-refractivity contribution is 5.94. The van der Waals surface area contributed by atoms with Crippen LogP contribution in [0.15, 0.2) is 12.2 Å². The maximum Gasteiger partial charge on any atom is 0.417 e. The Morgan fingerprint density at radius 1 is 1.33 bits per heavy atom. The summed E-state index contributed by atoms with van der Waals surface area (Å²) in [5, 5.41) is 18.9. The van der Waals surface area contributed by atoms with Gasteiger partial charge in [-0.1, -0.05) is 6.58 Å². The number of carbonyl (C=O) groups is 3. The molecule has 0 aromatic carbocycles. The van der Waals surface area contributed by atoms with E-state index in [1.165, 1.54) is 13.8 Å². The highest BCUT2D eigenvalue weighted by Crippen LogP contribution is 2.00. The molecule has 2 atom stereocenters. The van der Waals surface area contributed by atoms with Crippen LogP contribution in [0.2, 0.25) is 0 Å². The monoisotopic (exact) mass is 261 g/mol. The first-order chi connectivity index (χ1) is 8.27. The molecule has 0 spiro atoms. The molecule has 0 radical (unpaired) electrons. The van der Waals surface area contributed by atoms with Gasteiger partial charge in [0.2, 0.25) is 6.29 Å². The number of ether oxygens (including phenoxy) is 2. The molecule has 0 rings (SSSR count). The number of nitrogens with one attached hydrogen (secondary N) is 1. The van der Waals surface area contributed by atoms with E-state index in [-0.39, 0.29) is 5.57 Å². The molecule has 0 saturated carbocycles. The van der Waals surface area contributed by atoms with Gasteiger partial charge in [0.05, 0.1) is 6.61 Å². The summed E-state index contributed by atoms with van der Waals surface area (Å²) in [6, 6.07) is 0. The van der Waals surface area contributed by atoms with Crippen LogP contribution < -0.4 is 5.32 Å². The molecular weight excluding hydrogens is 246 g/mol. The molecule has 0 fully saturated rings. The van der Waals surface area contributed by atoms with Crippen LogP contribution in [0.1, 0.15) is 13.8 Å². The van der Waals surface area contributed by atoms with Gasteiger partial charge in [-0.2, -0.15) is 0 Å². The number of carbonyl (C=O) groups excluding carboxylic acids is 3. The van der Waals surface area contributed by atoms with Gasteiger partial charge in [-0.15, -0.1) is 0 Å². The van der Waals surface area contributed by atoms with E-state index in [1.807, 2.05) is 0 Å². The van der Waals surface area contributed by atoms with Crippen LogP contribution in [0.25, 0.3) is 0 Å². The summed E-state index contributed by atoms with van der Waals surface area (Å²) in [5.74, 6) is -1.88. The van der Waals surface area contributed by atoms with Crippen molar-refractivity contribution in [2.24, 2.45) is 0 Å². The third-order valence-electron chi connectivity index (χ3n) is 1.60. The van der Waals surface area contributed by atoms with Crippen molar-refractivity contribution in [3.8, 4) is 0 Å². The van der Waals surface area contributed by atoms with E-state index in [0.717, 1.165) is 0 Å². The summed E-state index contributed by atoms with van der Waals surface area (Å²) in [6.07, 6.45) is -4.17. The van der Waals surface area contributed by atoms with E-state index in [2.05, 4.69) is 16.1 Å². The quantitative estimate of drug-likeness (QED) is 0.331. The van der Waals surface area contributed by atoms with Gasteiger partial charge in [0.15, 0.2) is 6.10 Å². The van der Waals surface area contributed by atoms with Crippen LogP contribution in [0.3, 0.4) is 0 Å². The van der Waals surface area contributed by atoms with Crippen molar-refractivity contribution in [2.45, 2.75) is 26.2 Å². The topological polar surface area (TPSA) is 122 Å². The lowest BCUT2D eigenvalue weighted by Crippen LogP contribution is -2.42. The number of alkyl carbamates (subject to hydrolysis) is 1. The van der Waals surface area contributed by atoms with E-state index < -0.39 is 37.0 Å². The third-order valence-corrected chi connectivity index (χ3v) is 1.60. The predicted octanol–water partition coefficient (Wildman–Crippen LogP) is -0.942. The van der Waals surface area contributed by atoms with Crippen LogP contribution in [-0.4, -0.2) is 47.2 Å². The third kappa shape index (κ3) is 5.97. The molecule has 0 aliphatic rings. The fraction of sp³-hybridized carbons (Fsp3) is 0.500. The molecule has 8 nitrogen and oxygen atoms in total. The van der Waals surface area contributed by atoms with Crippen molar-refractivity contribution >= 4 is 18.0 Å². The van der Waals surface area contributed by atoms with Gasteiger partial charge in [-0.25, -0.2) is 9.59 Å². The molecule has 2 amide bonds. The largest absolute Gasteiger partial charge is 0.422 e. The number of hydrogen-bond acceptors (Lipinski definition) is 7. The van der Waals surface area contributed by atoms with Gasteiger partial charge in [0.1, 0.15) is 0 Å². The zero-order chi connectivity index (χ0) is 14.3. The average molecular weight is 261 g/mol. The first kappa shape index (κ1) is 16.1. The van der Waals surface area contributed by atoms with Gasteiger partial charge in [0, 0.05) is 12.5 Å². The standard InChI is InChI=1S/C10H15NO7/c1-5(2)9(15)17-6(3)18-10(16)11-8(14)7(13)4-12/h6-7,12-13H,1,4H2,2-3H3,(H,11,14,16). The summed E-state index contributed by atoms with van der Waals surface area (Å²) in [4.78, 5) is 33.1. The Bertz CT molecular complexity index is 352. The van der Waals surface area contributed by atoms with Gasteiger partial charge in [-0.3, -0.25) is 10.1 Å². The molecule has 0 aliphatic carbocycles. The van der Waals surface area contributed by atoms with E-state index in [1.54, 1.807) is 5.32 Å². The van der Waals surface area contributed by atoms with Crippen LogP contribution in [0, 0.1) is 0 Å². The van der Waals surface area contributed by atoms with Crippen molar-refractivity contribution in [3.05, 3.63) is 12.2 Å². The second-order valence-electron chi connectivity index (χ2n) is 3.35. The van der Waals surface area contributed by atoms with Crippen molar-refractivity contribution in [1.82, 2.24) is 5.32 Å². The molecule has 0 aliphatic heterocycles. The number of hydrogen-bond donors (Lipinski definition) is 3. The maximum atomic E-state index is 11.1. The summed E-state index contributed by atoms with van der Waals surface area (Å²) in [6.45, 7) is 5.16. The van der Waals surface area contributed by atoms with E-state index >= 15 is 0 Å². The van der Waals surface area contributed by atoms with Gasteiger partial charge < -0.3 is 19.7 Å². The predicted molar refractivity (Wildman–Crippen MR) is 58.1 cm³/mol. The van der Waals surface area contributed by atoms with Crippen LogP contribution in [-0.2, 0) is 19.1 Å². The SMILES string of the molecule is C=C(C)C(=O)OC(C)OC(=O)NC(=O)C(O)CO. The van der Waals surface area contributed by atoms with Crippen LogP contribution in [0.5, 0.6) is 0 Å². The second-order valence-corrected chi connectivity index (χ2v) is 3.35. The minimum Gasteiger partial charge on any atom is -0.422 e. The number of amides is 2. The van der Waals surface area contributed by atoms with Crippen molar-refractivity contribution in [3.63, 3.8) is 0 Å². The van der Waals surface area contributed by atoms with Crippen molar-refractivity contribution in [1.29, 1.82) is 0 Å². The normalized spacial score (nSPS) is 13.1. The zero-order valence-corrected chi connectivity index (χ0v) is 10.0. The summed E-state index contributed by atoms with van der Waals surface area (Å²) in [5.41, 5.74) is 0.123. The number of aliphatic hydroxyl groups excluding tert-OH is 2. The highest BCUT2D eigenvalue weighted by atomic mass is 16.7. The lowest BCUT2D eigenvalue weighted by Gasteiger charge is -2.14. The first-order valence-electron chi connectivity index (χ1n) is 4.94. The molecule has 2 unspecified atom stereocenters. The molecular formula is C10H15NO7. The Labute approximate surface area is 103 Å². The molecule has 102 valence electrons. The van der Waals surface area contributed by atoms with E-state index in [4.69, 9.17) is 10.2 Å². The van der Waals surface area contributed by atoms with Crippen LogP contribution >= 0.6 is 0 Å².